The SMILES string of the molecule is CCC(N)C(Sc1ncccc1Cl)c1cccc(OC)c1. The average molecular weight is 323 g/mol. The molecule has 0 spiro atoms. The van der Waals surface area contributed by atoms with Crippen LogP contribution in [-0.4, -0.2) is 18.1 Å². The lowest BCUT2D eigenvalue weighted by Gasteiger charge is -2.23. The van der Waals surface area contributed by atoms with Crippen molar-refractivity contribution in [2.75, 3.05) is 7.11 Å². The van der Waals surface area contributed by atoms with E-state index in [1.54, 1.807) is 25.1 Å². The predicted octanol–water partition coefficient (Wildman–Crippen LogP) is 4.31. The molecule has 112 valence electrons. The maximum Gasteiger partial charge on any atom is 0.119 e. The highest BCUT2D eigenvalue weighted by Crippen LogP contribution is 2.40. The van der Waals surface area contributed by atoms with Gasteiger partial charge in [-0.1, -0.05) is 42.4 Å². The number of hydrogen-bond donors (Lipinski definition) is 1. The first kappa shape index (κ1) is 16.1. The van der Waals surface area contributed by atoms with Crippen molar-refractivity contribution in [2.45, 2.75) is 29.7 Å². The fraction of sp³-hybridized carbons (Fsp3) is 0.312. The molecule has 0 saturated carbocycles. The molecule has 0 radical (unpaired) electrons. The molecule has 0 aliphatic rings. The van der Waals surface area contributed by atoms with Gasteiger partial charge in [0.1, 0.15) is 10.8 Å². The van der Waals surface area contributed by atoms with E-state index in [9.17, 15) is 0 Å². The molecule has 2 rings (SSSR count). The molecule has 2 N–H and O–H groups in total. The number of benzene rings is 1. The maximum absolute atomic E-state index is 6.31. The van der Waals surface area contributed by atoms with Gasteiger partial charge in [-0.05, 0) is 36.2 Å². The molecule has 3 nitrogen and oxygen atoms in total. The van der Waals surface area contributed by atoms with E-state index in [1.165, 1.54) is 0 Å². The number of hydrogen-bond acceptors (Lipinski definition) is 4. The molecule has 21 heavy (non-hydrogen) atoms. The standard InChI is InChI=1S/C16H19ClN2OS/c1-3-14(18)15(11-6-4-7-12(10-11)20-2)21-16-13(17)8-5-9-19-16/h4-10,14-15H,3,18H2,1-2H3. The molecule has 0 aliphatic heterocycles. The molecule has 2 aromatic rings. The van der Waals surface area contributed by atoms with Gasteiger partial charge in [-0.3, -0.25) is 0 Å². The summed E-state index contributed by atoms with van der Waals surface area (Å²) < 4.78 is 5.30. The zero-order valence-corrected chi connectivity index (χ0v) is 13.7. The average Bonchev–Trinajstić information content (AvgIpc) is 2.53. The van der Waals surface area contributed by atoms with Gasteiger partial charge >= 0.3 is 0 Å². The fourth-order valence-corrected chi connectivity index (χ4v) is 3.46. The summed E-state index contributed by atoms with van der Waals surface area (Å²) in [6.45, 7) is 2.08. The topological polar surface area (TPSA) is 48.1 Å². The molecular formula is C16H19ClN2OS. The summed E-state index contributed by atoms with van der Waals surface area (Å²) in [5, 5.41) is 1.53. The van der Waals surface area contributed by atoms with E-state index in [2.05, 4.69) is 18.0 Å². The van der Waals surface area contributed by atoms with E-state index in [1.807, 2.05) is 30.3 Å². The lowest BCUT2D eigenvalue weighted by Crippen LogP contribution is -2.25. The van der Waals surface area contributed by atoms with Gasteiger partial charge in [-0.15, -0.1) is 0 Å². The Hall–Kier alpha value is -1.23. The molecule has 5 heteroatoms. The molecule has 1 aromatic carbocycles. The molecule has 2 atom stereocenters. The van der Waals surface area contributed by atoms with Crippen molar-refractivity contribution in [3.8, 4) is 5.75 Å². The lowest BCUT2D eigenvalue weighted by molar-refractivity contribution is 0.414. The monoisotopic (exact) mass is 322 g/mol. The third kappa shape index (κ3) is 4.13. The van der Waals surface area contributed by atoms with Crippen molar-refractivity contribution in [1.29, 1.82) is 0 Å². The Morgan fingerprint density at radius 3 is 2.81 bits per heavy atom. The first-order valence-electron chi connectivity index (χ1n) is 6.82. The van der Waals surface area contributed by atoms with Gasteiger partial charge in [-0.25, -0.2) is 4.98 Å². The predicted molar refractivity (Wildman–Crippen MR) is 89.1 cm³/mol. The van der Waals surface area contributed by atoms with E-state index < -0.39 is 0 Å². The smallest absolute Gasteiger partial charge is 0.119 e. The molecule has 0 amide bonds. The number of pyridine rings is 1. The van der Waals surface area contributed by atoms with Gasteiger partial charge in [0.25, 0.3) is 0 Å². The van der Waals surface area contributed by atoms with Gasteiger partial charge in [0, 0.05) is 12.2 Å². The molecule has 0 aliphatic carbocycles. The van der Waals surface area contributed by atoms with Crippen LogP contribution in [0.1, 0.15) is 24.2 Å². The molecule has 2 unspecified atom stereocenters. The zero-order chi connectivity index (χ0) is 15.2. The van der Waals surface area contributed by atoms with E-state index in [4.69, 9.17) is 22.1 Å². The van der Waals surface area contributed by atoms with Crippen LogP contribution in [-0.2, 0) is 0 Å². The van der Waals surface area contributed by atoms with Crippen molar-refractivity contribution in [3.63, 3.8) is 0 Å². The third-order valence-electron chi connectivity index (χ3n) is 3.25. The van der Waals surface area contributed by atoms with Gasteiger partial charge in [0.15, 0.2) is 0 Å². The Labute approximate surface area is 134 Å². The molecule has 0 saturated heterocycles. The highest BCUT2D eigenvalue weighted by molar-refractivity contribution is 7.99. The van der Waals surface area contributed by atoms with Gasteiger partial charge in [0.2, 0.25) is 0 Å². The van der Waals surface area contributed by atoms with Crippen LogP contribution in [0.5, 0.6) is 5.75 Å². The second-order valence-corrected chi connectivity index (χ2v) is 6.22. The number of ether oxygens (including phenoxy) is 1. The van der Waals surface area contributed by atoms with E-state index in [0.29, 0.717) is 5.02 Å². The second-order valence-electron chi connectivity index (χ2n) is 4.68. The van der Waals surface area contributed by atoms with Crippen LogP contribution >= 0.6 is 23.4 Å². The number of nitrogens with zero attached hydrogens (tertiary/aromatic N) is 1. The van der Waals surface area contributed by atoms with Crippen LogP contribution in [0.15, 0.2) is 47.6 Å². The first-order valence-corrected chi connectivity index (χ1v) is 8.08. The Balaban J connectivity index is 2.32. The van der Waals surface area contributed by atoms with Gasteiger partial charge in [-0.2, -0.15) is 0 Å². The number of aromatic nitrogens is 1. The fourth-order valence-electron chi connectivity index (χ4n) is 2.01. The quantitative estimate of drug-likeness (QED) is 0.805. The lowest BCUT2D eigenvalue weighted by atomic mass is 10.0. The van der Waals surface area contributed by atoms with E-state index in [0.717, 1.165) is 22.8 Å². The molecular weight excluding hydrogens is 304 g/mol. The number of nitrogens with two attached hydrogens (primary N) is 1. The highest BCUT2D eigenvalue weighted by Gasteiger charge is 2.22. The number of rotatable bonds is 6. The maximum atomic E-state index is 6.31. The van der Waals surface area contributed by atoms with Crippen LogP contribution in [0.2, 0.25) is 5.02 Å². The van der Waals surface area contributed by atoms with E-state index >= 15 is 0 Å². The summed E-state index contributed by atoms with van der Waals surface area (Å²) in [6, 6.07) is 11.7. The van der Waals surface area contributed by atoms with Crippen molar-refractivity contribution in [2.24, 2.45) is 5.73 Å². The third-order valence-corrected chi connectivity index (χ3v) is 5.09. The van der Waals surface area contributed by atoms with Crippen molar-refractivity contribution < 1.29 is 4.74 Å². The zero-order valence-electron chi connectivity index (χ0n) is 12.1. The van der Waals surface area contributed by atoms with Crippen LogP contribution in [0, 0.1) is 0 Å². The van der Waals surface area contributed by atoms with Crippen LogP contribution in [0.4, 0.5) is 0 Å². The Bertz CT molecular complexity index is 594. The minimum Gasteiger partial charge on any atom is -0.497 e. The molecule has 1 aromatic heterocycles. The summed E-state index contributed by atoms with van der Waals surface area (Å²) in [6.07, 6.45) is 2.62. The van der Waals surface area contributed by atoms with Crippen molar-refractivity contribution >= 4 is 23.4 Å². The molecule has 0 fully saturated rings. The van der Waals surface area contributed by atoms with Crippen LogP contribution in [0.3, 0.4) is 0 Å². The normalized spacial score (nSPS) is 13.7. The number of methoxy groups -OCH3 is 1. The Morgan fingerprint density at radius 1 is 1.33 bits per heavy atom. The number of thioether (sulfide) groups is 1. The number of halogens is 1. The summed E-state index contributed by atoms with van der Waals surface area (Å²) in [7, 11) is 1.66. The van der Waals surface area contributed by atoms with Crippen molar-refractivity contribution in [3.05, 3.63) is 53.2 Å². The summed E-state index contributed by atoms with van der Waals surface area (Å²) in [5.41, 5.74) is 7.43. The summed E-state index contributed by atoms with van der Waals surface area (Å²) in [5.74, 6) is 0.827. The summed E-state index contributed by atoms with van der Waals surface area (Å²) in [4.78, 5) is 4.35. The van der Waals surface area contributed by atoms with Crippen LogP contribution in [0.25, 0.3) is 0 Å². The first-order chi connectivity index (χ1) is 10.2. The molecule has 1 heterocycles. The van der Waals surface area contributed by atoms with Crippen molar-refractivity contribution in [1.82, 2.24) is 4.98 Å². The highest BCUT2D eigenvalue weighted by atomic mass is 35.5. The minimum absolute atomic E-state index is 0.0141. The van der Waals surface area contributed by atoms with E-state index in [-0.39, 0.29) is 11.3 Å². The minimum atomic E-state index is 0.0141. The van der Waals surface area contributed by atoms with Crippen LogP contribution < -0.4 is 10.5 Å². The Kier molecular flexibility index (Phi) is 5.91. The Morgan fingerprint density at radius 2 is 2.14 bits per heavy atom. The largest absolute Gasteiger partial charge is 0.497 e. The summed E-state index contributed by atoms with van der Waals surface area (Å²) >= 11 is 7.81. The second kappa shape index (κ2) is 7.69. The molecule has 0 bridgehead atoms. The van der Waals surface area contributed by atoms with Gasteiger partial charge in [0.05, 0.1) is 17.4 Å². The van der Waals surface area contributed by atoms with Gasteiger partial charge < -0.3 is 10.5 Å².